The van der Waals surface area contributed by atoms with Gasteiger partial charge >= 0.3 is 0 Å². The van der Waals surface area contributed by atoms with Crippen LogP contribution in [-0.4, -0.2) is 40.3 Å². The molecule has 1 fully saturated rings. The van der Waals surface area contributed by atoms with E-state index in [0.29, 0.717) is 12.5 Å². The number of carbonyl (C=O) groups excluding carboxylic acids is 2. The summed E-state index contributed by atoms with van der Waals surface area (Å²) in [7, 11) is 1.70. The van der Waals surface area contributed by atoms with Crippen molar-refractivity contribution in [2.75, 3.05) is 18.9 Å². The van der Waals surface area contributed by atoms with Crippen molar-refractivity contribution in [1.82, 2.24) is 14.9 Å². The second-order valence-corrected chi connectivity index (χ2v) is 3.60. The lowest BCUT2D eigenvalue weighted by atomic mass is 10.1. The van der Waals surface area contributed by atoms with Crippen LogP contribution in [0.25, 0.3) is 0 Å². The third-order valence-corrected chi connectivity index (χ3v) is 2.45. The van der Waals surface area contributed by atoms with Gasteiger partial charge in [-0.25, -0.2) is 4.98 Å². The number of amides is 2. The smallest absolute Gasteiger partial charge is 0.232 e. The van der Waals surface area contributed by atoms with Gasteiger partial charge in [-0.3, -0.25) is 14.9 Å². The summed E-state index contributed by atoms with van der Waals surface area (Å²) >= 11 is 0. The van der Waals surface area contributed by atoms with Gasteiger partial charge in [-0.2, -0.15) is 0 Å². The fourth-order valence-electron chi connectivity index (χ4n) is 1.59. The molecule has 1 atom stereocenters. The van der Waals surface area contributed by atoms with Gasteiger partial charge in [-0.05, 0) is 0 Å². The minimum absolute atomic E-state index is 0.00888. The summed E-state index contributed by atoms with van der Waals surface area (Å²) in [6, 6.07) is 0. The molecule has 0 aromatic carbocycles. The number of nitrogens with one attached hydrogen (secondary N) is 2. The normalized spacial score (nSPS) is 20.7. The van der Waals surface area contributed by atoms with E-state index in [1.165, 1.54) is 0 Å². The molecule has 1 aliphatic heterocycles. The number of aromatic amines is 1. The van der Waals surface area contributed by atoms with Crippen LogP contribution >= 0.6 is 0 Å². The second-order valence-electron chi connectivity index (χ2n) is 3.60. The molecule has 1 unspecified atom stereocenters. The predicted octanol–water partition coefficient (Wildman–Crippen LogP) is -0.174. The average Bonchev–Trinajstić information content (AvgIpc) is 2.78. The lowest BCUT2D eigenvalue weighted by molar-refractivity contribution is -0.127. The van der Waals surface area contributed by atoms with Gasteiger partial charge in [0.15, 0.2) is 0 Å². The summed E-state index contributed by atoms with van der Waals surface area (Å²) in [5.41, 5.74) is 0. The van der Waals surface area contributed by atoms with Crippen molar-refractivity contribution in [2.24, 2.45) is 5.92 Å². The lowest BCUT2D eigenvalue weighted by Gasteiger charge is -2.09. The summed E-state index contributed by atoms with van der Waals surface area (Å²) < 4.78 is 0. The van der Waals surface area contributed by atoms with E-state index in [-0.39, 0.29) is 24.2 Å². The first-order chi connectivity index (χ1) is 7.16. The minimum atomic E-state index is -0.271. The molecule has 1 aromatic heterocycles. The zero-order valence-corrected chi connectivity index (χ0v) is 8.36. The molecular weight excluding hydrogens is 196 g/mol. The first kappa shape index (κ1) is 9.70. The molecule has 0 spiro atoms. The number of nitrogens with zero attached hydrogens (tertiary/aromatic N) is 2. The molecule has 0 bridgehead atoms. The summed E-state index contributed by atoms with van der Waals surface area (Å²) in [6.45, 7) is 0.478. The van der Waals surface area contributed by atoms with Crippen LogP contribution in [0.4, 0.5) is 5.95 Å². The van der Waals surface area contributed by atoms with Crippen LogP contribution in [0, 0.1) is 5.92 Å². The van der Waals surface area contributed by atoms with E-state index in [2.05, 4.69) is 15.3 Å². The van der Waals surface area contributed by atoms with E-state index in [4.69, 9.17) is 0 Å². The van der Waals surface area contributed by atoms with Crippen LogP contribution in [0.1, 0.15) is 6.42 Å². The van der Waals surface area contributed by atoms with Crippen molar-refractivity contribution in [1.29, 1.82) is 0 Å². The Balaban J connectivity index is 1.95. The van der Waals surface area contributed by atoms with E-state index in [1.54, 1.807) is 24.3 Å². The number of carbonyl (C=O) groups is 2. The summed E-state index contributed by atoms with van der Waals surface area (Å²) in [6.07, 6.45) is 3.46. The number of likely N-dealkylation sites (tertiary alicyclic amines) is 1. The topological polar surface area (TPSA) is 78.1 Å². The molecule has 0 saturated carbocycles. The molecule has 2 rings (SSSR count). The van der Waals surface area contributed by atoms with Crippen molar-refractivity contribution in [3.8, 4) is 0 Å². The average molecular weight is 208 g/mol. The molecular formula is C9H12N4O2. The Labute approximate surface area is 86.7 Å². The Kier molecular flexibility index (Phi) is 2.40. The van der Waals surface area contributed by atoms with Crippen LogP contribution in [-0.2, 0) is 9.59 Å². The van der Waals surface area contributed by atoms with Gasteiger partial charge in [0.25, 0.3) is 0 Å². The first-order valence-electron chi connectivity index (χ1n) is 4.71. The molecule has 6 heteroatoms. The van der Waals surface area contributed by atoms with Crippen molar-refractivity contribution < 1.29 is 9.59 Å². The molecule has 1 saturated heterocycles. The summed E-state index contributed by atoms with van der Waals surface area (Å²) in [4.78, 5) is 31.1. The molecule has 80 valence electrons. The van der Waals surface area contributed by atoms with E-state index >= 15 is 0 Å². The fourth-order valence-corrected chi connectivity index (χ4v) is 1.59. The lowest BCUT2D eigenvalue weighted by Crippen LogP contribution is -2.26. The van der Waals surface area contributed by atoms with Gasteiger partial charge < -0.3 is 9.88 Å². The maximum atomic E-state index is 11.7. The maximum absolute atomic E-state index is 11.7. The van der Waals surface area contributed by atoms with E-state index < -0.39 is 0 Å². The van der Waals surface area contributed by atoms with Gasteiger partial charge in [0.05, 0.1) is 5.92 Å². The Bertz CT molecular complexity index is 373. The zero-order valence-electron chi connectivity index (χ0n) is 8.36. The highest BCUT2D eigenvalue weighted by Gasteiger charge is 2.32. The van der Waals surface area contributed by atoms with E-state index in [0.717, 1.165) is 0 Å². The Morgan fingerprint density at radius 1 is 1.73 bits per heavy atom. The Hall–Kier alpha value is -1.85. The molecule has 2 heterocycles. The first-order valence-corrected chi connectivity index (χ1v) is 4.71. The molecule has 1 aromatic rings. The standard InChI is InChI=1S/C9H12N4O2/c1-13-5-6(4-7(13)14)8(15)12-9-10-2-3-11-9/h2-3,6H,4-5H2,1H3,(H2,10,11,12,15). The molecule has 6 nitrogen and oxygen atoms in total. The highest BCUT2D eigenvalue weighted by atomic mass is 16.2. The molecule has 2 amide bonds. The number of rotatable bonds is 2. The van der Waals surface area contributed by atoms with Gasteiger partial charge in [-0.1, -0.05) is 0 Å². The highest BCUT2D eigenvalue weighted by Crippen LogP contribution is 2.17. The Morgan fingerprint density at radius 2 is 2.53 bits per heavy atom. The number of aromatic nitrogens is 2. The van der Waals surface area contributed by atoms with Gasteiger partial charge in [-0.15, -0.1) is 0 Å². The van der Waals surface area contributed by atoms with E-state index in [9.17, 15) is 9.59 Å². The van der Waals surface area contributed by atoms with Crippen LogP contribution < -0.4 is 5.32 Å². The molecule has 0 aliphatic carbocycles. The summed E-state index contributed by atoms with van der Waals surface area (Å²) in [5, 5.41) is 2.62. The number of H-pyrrole nitrogens is 1. The Morgan fingerprint density at radius 3 is 3.07 bits per heavy atom. The van der Waals surface area contributed by atoms with Gasteiger partial charge in [0.1, 0.15) is 0 Å². The molecule has 1 aliphatic rings. The minimum Gasteiger partial charge on any atom is -0.345 e. The highest BCUT2D eigenvalue weighted by molar-refractivity contribution is 5.96. The molecule has 15 heavy (non-hydrogen) atoms. The second kappa shape index (κ2) is 3.72. The van der Waals surface area contributed by atoms with Crippen LogP contribution in [0.15, 0.2) is 12.4 Å². The van der Waals surface area contributed by atoms with Crippen LogP contribution in [0.5, 0.6) is 0 Å². The third kappa shape index (κ3) is 1.98. The SMILES string of the molecule is CN1CC(C(=O)Nc2ncc[nH]2)CC1=O. The monoisotopic (exact) mass is 208 g/mol. The number of hydrogen-bond donors (Lipinski definition) is 2. The van der Waals surface area contributed by atoms with Gasteiger partial charge in [0, 0.05) is 32.4 Å². The fraction of sp³-hybridized carbons (Fsp3) is 0.444. The van der Waals surface area contributed by atoms with Crippen molar-refractivity contribution in [2.45, 2.75) is 6.42 Å². The largest absolute Gasteiger partial charge is 0.345 e. The summed E-state index contributed by atoms with van der Waals surface area (Å²) in [5.74, 6) is -0.00755. The maximum Gasteiger partial charge on any atom is 0.232 e. The molecule has 2 N–H and O–H groups in total. The third-order valence-electron chi connectivity index (χ3n) is 2.45. The van der Waals surface area contributed by atoms with Crippen molar-refractivity contribution in [3.63, 3.8) is 0 Å². The van der Waals surface area contributed by atoms with Crippen LogP contribution in [0.2, 0.25) is 0 Å². The van der Waals surface area contributed by atoms with Crippen molar-refractivity contribution >= 4 is 17.8 Å². The van der Waals surface area contributed by atoms with Gasteiger partial charge in [0.2, 0.25) is 17.8 Å². The molecule has 0 radical (unpaired) electrons. The number of hydrogen-bond acceptors (Lipinski definition) is 3. The van der Waals surface area contributed by atoms with Crippen LogP contribution in [0.3, 0.4) is 0 Å². The van der Waals surface area contributed by atoms with Crippen molar-refractivity contribution in [3.05, 3.63) is 12.4 Å². The number of anilines is 1. The predicted molar refractivity (Wildman–Crippen MR) is 53.0 cm³/mol. The van der Waals surface area contributed by atoms with E-state index in [1.807, 2.05) is 0 Å². The number of imidazole rings is 1. The quantitative estimate of drug-likeness (QED) is 0.708. The zero-order chi connectivity index (χ0) is 10.8.